The summed E-state index contributed by atoms with van der Waals surface area (Å²) >= 11 is 11.8. The van der Waals surface area contributed by atoms with Crippen molar-refractivity contribution in [3.8, 4) is 17.2 Å². The molecule has 122 valence electrons. The number of aromatic nitrogens is 1. The molecule has 0 aliphatic heterocycles. The van der Waals surface area contributed by atoms with E-state index >= 15 is 0 Å². The average molecular weight is 356 g/mol. The third kappa shape index (κ3) is 4.18. The summed E-state index contributed by atoms with van der Waals surface area (Å²) in [5.74, 6) is 1.99. The standard InChI is InChI=1S/C15H15Cl2N3O3/c1-21-12-4-9(5-13(22-2)14(12)23-3)7-19-20-15-11(17)6-10(16)8-18-15/h4-8H,1-3H3,(H,18,20)/b19-7-. The number of rotatable bonds is 6. The van der Waals surface area contributed by atoms with Crippen LogP contribution >= 0.6 is 23.2 Å². The van der Waals surface area contributed by atoms with Crippen LogP contribution in [0.2, 0.25) is 10.0 Å². The van der Waals surface area contributed by atoms with E-state index in [1.807, 2.05) is 0 Å². The van der Waals surface area contributed by atoms with E-state index in [9.17, 15) is 0 Å². The Hall–Kier alpha value is -2.18. The number of benzene rings is 1. The van der Waals surface area contributed by atoms with Gasteiger partial charge in [0, 0.05) is 11.8 Å². The minimum Gasteiger partial charge on any atom is -0.493 e. The molecule has 6 nitrogen and oxygen atoms in total. The molecule has 2 rings (SSSR count). The average Bonchev–Trinajstić information content (AvgIpc) is 2.55. The molecule has 2 aromatic rings. The van der Waals surface area contributed by atoms with Gasteiger partial charge < -0.3 is 14.2 Å². The molecular weight excluding hydrogens is 341 g/mol. The minimum absolute atomic E-state index is 0.375. The van der Waals surface area contributed by atoms with Crippen LogP contribution in [0.1, 0.15) is 5.56 Å². The number of methoxy groups -OCH3 is 3. The molecule has 0 atom stereocenters. The molecule has 0 radical (unpaired) electrons. The minimum atomic E-state index is 0.375. The highest BCUT2D eigenvalue weighted by atomic mass is 35.5. The van der Waals surface area contributed by atoms with Crippen molar-refractivity contribution in [2.24, 2.45) is 5.10 Å². The molecule has 0 bridgehead atoms. The predicted octanol–water partition coefficient (Wildman–Crippen LogP) is 3.86. The largest absolute Gasteiger partial charge is 0.493 e. The van der Waals surface area contributed by atoms with E-state index in [1.165, 1.54) is 6.20 Å². The Morgan fingerprint density at radius 3 is 2.22 bits per heavy atom. The topological polar surface area (TPSA) is 65.0 Å². The molecule has 0 unspecified atom stereocenters. The van der Waals surface area contributed by atoms with Gasteiger partial charge >= 0.3 is 0 Å². The number of nitrogens with one attached hydrogen (secondary N) is 1. The maximum absolute atomic E-state index is 6.01. The van der Waals surface area contributed by atoms with Crippen LogP contribution in [0.4, 0.5) is 5.82 Å². The van der Waals surface area contributed by atoms with Crippen molar-refractivity contribution >= 4 is 35.2 Å². The van der Waals surface area contributed by atoms with E-state index < -0.39 is 0 Å². The molecule has 0 fully saturated rings. The van der Waals surface area contributed by atoms with Gasteiger partial charge in [-0.05, 0) is 18.2 Å². The van der Waals surface area contributed by atoms with Gasteiger partial charge in [0.1, 0.15) is 0 Å². The smallest absolute Gasteiger partial charge is 0.203 e. The Morgan fingerprint density at radius 1 is 1.04 bits per heavy atom. The monoisotopic (exact) mass is 355 g/mol. The van der Waals surface area contributed by atoms with Gasteiger partial charge in [-0.1, -0.05) is 23.2 Å². The summed E-state index contributed by atoms with van der Waals surface area (Å²) in [6, 6.07) is 5.11. The third-order valence-corrected chi connectivity index (χ3v) is 3.37. The molecule has 0 spiro atoms. The summed E-state index contributed by atoms with van der Waals surface area (Å²) in [5, 5.41) is 4.92. The van der Waals surface area contributed by atoms with Gasteiger partial charge in [0.2, 0.25) is 5.75 Å². The van der Waals surface area contributed by atoms with E-state index in [1.54, 1.807) is 45.7 Å². The zero-order chi connectivity index (χ0) is 16.8. The van der Waals surface area contributed by atoms with Crippen LogP contribution in [0, 0.1) is 0 Å². The van der Waals surface area contributed by atoms with Gasteiger partial charge in [-0.25, -0.2) is 4.98 Å². The van der Waals surface area contributed by atoms with Gasteiger partial charge in [0.15, 0.2) is 17.3 Å². The molecule has 0 aliphatic rings. The lowest BCUT2D eigenvalue weighted by atomic mass is 10.2. The number of pyridine rings is 1. The van der Waals surface area contributed by atoms with E-state index in [0.29, 0.717) is 33.1 Å². The third-order valence-electron chi connectivity index (χ3n) is 2.88. The highest BCUT2D eigenvalue weighted by molar-refractivity contribution is 6.35. The maximum atomic E-state index is 6.01. The van der Waals surface area contributed by atoms with Crippen LogP contribution in [-0.4, -0.2) is 32.5 Å². The first-order chi connectivity index (χ1) is 11.1. The summed E-state index contributed by atoms with van der Waals surface area (Å²) in [6.07, 6.45) is 3.06. The zero-order valence-corrected chi connectivity index (χ0v) is 14.3. The first kappa shape index (κ1) is 17.2. The molecule has 0 aliphatic carbocycles. The predicted molar refractivity (Wildman–Crippen MR) is 91.6 cm³/mol. The van der Waals surface area contributed by atoms with E-state index in [-0.39, 0.29) is 0 Å². The second-order valence-electron chi connectivity index (χ2n) is 4.31. The molecule has 8 heteroatoms. The van der Waals surface area contributed by atoms with Crippen LogP contribution in [0.25, 0.3) is 0 Å². The normalized spacial score (nSPS) is 10.7. The van der Waals surface area contributed by atoms with Crippen molar-refractivity contribution in [2.45, 2.75) is 0 Å². The van der Waals surface area contributed by atoms with E-state index in [4.69, 9.17) is 37.4 Å². The van der Waals surface area contributed by atoms with Crippen molar-refractivity contribution in [1.29, 1.82) is 0 Å². The van der Waals surface area contributed by atoms with Crippen LogP contribution < -0.4 is 19.6 Å². The van der Waals surface area contributed by atoms with Crippen molar-refractivity contribution in [1.82, 2.24) is 4.98 Å². The lowest BCUT2D eigenvalue weighted by Crippen LogP contribution is -1.98. The highest BCUT2D eigenvalue weighted by Crippen LogP contribution is 2.37. The summed E-state index contributed by atoms with van der Waals surface area (Å²) in [5.41, 5.74) is 3.49. The van der Waals surface area contributed by atoms with Gasteiger partial charge in [-0.15, -0.1) is 0 Å². The van der Waals surface area contributed by atoms with Gasteiger partial charge in [0.25, 0.3) is 0 Å². The van der Waals surface area contributed by atoms with Crippen molar-refractivity contribution in [3.63, 3.8) is 0 Å². The fraction of sp³-hybridized carbons (Fsp3) is 0.200. The van der Waals surface area contributed by atoms with Gasteiger partial charge in [-0.2, -0.15) is 5.10 Å². The number of halogens is 2. The number of hydrogen-bond acceptors (Lipinski definition) is 6. The quantitative estimate of drug-likeness (QED) is 0.629. The second kappa shape index (κ2) is 7.89. The lowest BCUT2D eigenvalue weighted by Gasteiger charge is -2.12. The lowest BCUT2D eigenvalue weighted by molar-refractivity contribution is 0.324. The molecule has 1 aromatic heterocycles. The molecule has 1 N–H and O–H groups in total. The first-order valence-electron chi connectivity index (χ1n) is 6.49. The maximum Gasteiger partial charge on any atom is 0.203 e. The first-order valence-corrected chi connectivity index (χ1v) is 7.24. The number of hydrogen-bond donors (Lipinski definition) is 1. The summed E-state index contributed by atoms with van der Waals surface area (Å²) in [7, 11) is 4.64. The molecule has 0 saturated heterocycles. The van der Waals surface area contributed by atoms with E-state index in [2.05, 4.69) is 15.5 Å². The van der Waals surface area contributed by atoms with Crippen LogP contribution in [0.5, 0.6) is 17.2 Å². The Bertz CT molecular complexity index is 698. The molecule has 0 amide bonds. The molecule has 1 heterocycles. The highest BCUT2D eigenvalue weighted by Gasteiger charge is 2.12. The van der Waals surface area contributed by atoms with Crippen molar-refractivity contribution < 1.29 is 14.2 Å². The van der Waals surface area contributed by atoms with E-state index in [0.717, 1.165) is 5.56 Å². The van der Waals surface area contributed by atoms with Crippen LogP contribution in [-0.2, 0) is 0 Å². The van der Waals surface area contributed by atoms with Gasteiger partial charge in [-0.3, -0.25) is 5.43 Å². The number of hydrazone groups is 1. The Labute approximate surface area is 144 Å². The van der Waals surface area contributed by atoms with Crippen LogP contribution in [0.3, 0.4) is 0 Å². The molecule has 0 saturated carbocycles. The van der Waals surface area contributed by atoms with Crippen molar-refractivity contribution in [2.75, 3.05) is 26.8 Å². The summed E-state index contributed by atoms with van der Waals surface area (Å²) in [6.45, 7) is 0. The van der Waals surface area contributed by atoms with Crippen molar-refractivity contribution in [3.05, 3.63) is 40.0 Å². The number of nitrogens with zero attached hydrogens (tertiary/aromatic N) is 2. The summed E-state index contributed by atoms with van der Waals surface area (Å²) in [4.78, 5) is 4.05. The Balaban J connectivity index is 2.22. The fourth-order valence-corrected chi connectivity index (χ4v) is 2.26. The van der Waals surface area contributed by atoms with Gasteiger partial charge in [0.05, 0.1) is 37.6 Å². The number of anilines is 1. The molecular formula is C15H15Cl2N3O3. The Kier molecular flexibility index (Phi) is 5.90. The zero-order valence-electron chi connectivity index (χ0n) is 12.8. The SMILES string of the molecule is COc1cc(/C=N\Nc2ncc(Cl)cc2Cl)cc(OC)c1OC. The fourth-order valence-electron chi connectivity index (χ4n) is 1.84. The number of ether oxygens (including phenoxy) is 3. The molecule has 1 aromatic carbocycles. The Morgan fingerprint density at radius 2 is 1.70 bits per heavy atom. The molecule has 23 heavy (non-hydrogen) atoms. The summed E-state index contributed by atoms with van der Waals surface area (Å²) < 4.78 is 15.8. The van der Waals surface area contributed by atoms with Crippen LogP contribution in [0.15, 0.2) is 29.5 Å². The second-order valence-corrected chi connectivity index (χ2v) is 5.16.